The third-order valence-electron chi connectivity index (χ3n) is 1.80. The summed E-state index contributed by atoms with van der Waals surface area (Å²) in [6, 6.07) is 4.01. The van der Waals surface area contributed by atoms with Crippen LogP contribution in [0.4, 0.5) is 0 Å². The van der Waals surface area contributed by atoms with Crippen molar-refractivity contribution in [3.63, 3.8) is 0 Å². The van der Waals surface area contributed by atoms with Crippen molar-refractivity contribution in [1.82, 2.24) is 9.88 Å². The third-order valence-corrected chi connectivity index (χ3v) is 1.80. The zero-order valence-corrected chi connectivity index (χ0v) is 9.94. The van der Waals surface area contributed by atoms with Crippen molar-refractivity contribution in [3.8, 4) is 0 Å². The summed E-state index contributed by atoms with van der Waals surface area (Å²) in [5, 5.41) is 0. The van der Waals surface area contributed by atoms with Crippen molar-refractivity contribution >= 4 is 6.34 Å². The molecule has 0 aliphatic rings. The van der Waals surface area contributed by atoms with Crippen LogP contribution in [0.3, 0.4) is 0 Å². The highest BCUT2D eigenvalue weighted by molar-refractivity contribution is 5.55. The van der Waals surface area contributed by atoms with Gasteiger partial charge >= 0.3 is 0 Å². The lowest BCUT2D eigenvalue weighted by atomic mass is 10.1. The minimum atomic E-state index is -0.0107. The van der Waals surface area contributed by atoms with E-state index in [-0.39, 0.29) is 5.54 Å². The van der Waals surface area contributed by atoms with Gasteiger partial charge in [-0.05, 0) is 32.4 Å². The highest BCUT2D eigenvalue weighted by Crippen LogP contribution is 2.05. The topological polar surface area (TPSA) is 28.5 Å². The lowest BCUT2D eigenvalue weighted by Crippen LogP contribution is -2.19. The maximum atomic E-state index is 4.43. The van der Waals surface area contributed by atoms with Gasteiger partial charge in [-0.25, -0.2) is 0 Å². The van der Waals surface area contributed by atoms with Gasteiger partial charge in [0.15, 0.2) is 0 Å². The van der Waals surface area contributed by atoms with E-state index >= 15 is 0 Å². The highest BCUT2D eigenvalue weighted by Gasteiger charge is 2.05. The summed E-state index contributed by atoms with van der Waals surface area (Å²) in [5.74, 6) is 0. The van der Waals surface area contributed by atoms with Crippen molar-refractivity contribution in [2.45, 2.75) is 32.9 Å². The summed E-state index contributed by atoms with van der Waals surface area (Å²) < 4.78 is 0. The van der Waals surface area contributed by atoms with E-state index in [0.717, 1.165) is 6.54 Å². The fraction of sp³-hybridized carbons (Fsp3) is 0.500. The SMILES string of the molecule is CN(C=NC(C)(C)C)Cc1cccnc1. The predicted octanol–water partition coefficient (Wildman–Crippen LogP) is 2.34. The summed E-state index contributed by atoms with van der Waals surface area (Å²) in [5.41, 5.74) is 1.18. The van der Waals surface area contributed by atoms with Crippen molar-refractivity contribution in [1.29, 1.82) is 0 Å². The second kappa shape index (κ2) is 4.91. The van der Waals surface area contributed by atoms with E-state index in [9.17, 15) is 0 Å². The summed E-state index contributed by atoms with van der Waals surface area (Å²) in [6.45, 7) is 7.09. The molecule has 0 atom stereocenters. The maximum absolute atomic E-state index is 4.43. The standard InChI is InChI=1S/C12H19N3/c1-12(2,3)14-10-15(4)9-11-6-5-7-13-8-11/h5-8,10H,9H2,1-4H3. The van der Waals surface area contributed by atoms with Crippen LogP contribution in [0.15, 0.2) is 29.5 Å². The number of pyridine rings is 1. The molecule has 0 saturated carbocycles. The predicted molar refractivity (Wildman–Crippen MR) is 63.9 cm³/mol. The first kappa shape index (κ1) is 11.7. The molecule has 3 nitrogen and oxygen atoms in total. The van der Waals surface area contributed by atoms with Crippen LogP contribution in [0.1, 0.15) is 26.3 Å². The summed E-state index contributed by atoms with van der Waals surface area (Å²) >= 11 is 0. The molecule has 0 spiro atoms. The molecule has 0 amide bonds. The maximum Gasteiger partial charge on any atom is 0.0856 e. The Morgan fingerprint density at radius 1 is 1.47 bits per heavy atom. The second-order valence-corrected chi connectivity index (χ2v) is 4.69. The number of hydrogen-bond donors (Lipinski definition) is 0. The zero-order chi connectivity index (χ0) is 11.3. The Kier molecular flexibility index (Phi) is 3.83. The van der Waals surface area contributed by atoms with Crippen molar-refractivity contribution in [2.75, 3.05) is 7.05 Å². The van der Waals surface area contributed by atoms with E-state index in [2.05, 4.69) is 41.7 Å². The van der Waals surface area contributed by atoms with Crippen LogP contribution in [0, 0.1) is 0 Å². The summed E-state index contributed by atoms with van der Waals surface area (Å²) in [6.07, 6.45) is 5.54. The molecule has 0 bridgehead atoms. The first-order chi connectivity index (χ1) is 6.97. The van der Waals surface area contributed by atoms with Crippen LogP contribution >= 0.6 is 0 Å². The average molecular weight is 205 g/mol. The molecule has 0 saturated heterocycles. The van der Waals surface area contributed by atoms with Crippen molar-refractivity contribution < 1.29 is 0 Å². The molecule has 82 valence electrons. The van der Waals surface area contributed by atoms with E-state index < -0.39 is 0 Å². The van der Waals surface area contributed by atoms with E-state index in [1.807, 2.05) is 25.6 Å². The Morgan fingerprint density at radius 3 is 2.73 bits per heavy atom. The Bertz CT molecular complexity index is 311. The second-order valence-electron chi connectivity index (χ2n) is 4.69. The molecule has 3 heteroatoms. The van der Waals surface area contributed by atoms with Gasteiger partial charge in [0.25, 0.3) is 0 Å². The molecule has 0 radical (unpaired) electrons. The lowest BCUT2D eigenvalue weighted by molar-refractivity contribution is 0.495. The van der Waals surface area contributed by atoms with Gasteiger partial charge in [-0.3, -0.25) is 9.98 Å². The number of hydrogen-bond acceptors (Lipinski definition) is 2. The fourth-order valence-electron chi connectivity index (χ4n) is 1.09. The smallest absolute Gasteiger partial charge is 0.0856 e. The Balaban J connectivity index is 2.50. The minimum Gasteiger partial charge on any atom is -0.362 e. The molecule has 15 heavy (non-hydrogen) atoms. The van der Waals surface area contributed by atoms with Crippen LogP contribution in [-0.4, -0.2) is 28.8 Å². The molecular weight excluding hydrogens is 186 g/mol. The van der Waals surface area contributed by atoms with Gasteiger partial charge in [0.1, 0.15) is 0 Å². The minimum absolute atomic E-state index is 0.0107. The number of nitrogens with zero attached hydrogens (tertiary/aromatic N) is 3. The molecule has 0 aromatic carbocycles. The summed E-state index contributed by atoms with van der Waals surface area (Å²) in [7, 11) is 2.02. The normalized spacial score (nSPS) is 12.0. The molecule has 0 N–H and O–H groups in total. The Labute approximate surface area is 91.9 Å². The molecule has 0 fully saturated rings. The molecule has 1 heterocycles. The van der Waals surface area contributed by atoms with Gasteiger partial charge in [0.05, 0.1) is 11.9 Å². The quantitative estimate of drug-likeness (QED) is 0.559. The third kappa shape index (κ3) is 5.15. The number of aromatic nitrogens is 1. The van der Waals surface area contributed by atoms with E-state index in [1.54, 1.807) is 6.20 Å². The molecule has 0 aliphatic carbocycles. The van der Waals surface area contributed by atoms with Gasteiger partial charge in [0.2, 0.25) is 0 Å². The number of rotatable bonds is 3. The molecule has 1 aromatic heterocycles. The van der Waals surface area contributed by atoms with Crippen molar-refractivity contribution in [2.24, 2.45) is 4.99 Å². The largest absolute Gasteiger partial charge is 0.362 e. The lowest BCUT2D eigenvalue weighted by Gasteiger charge is -2.17. The van der Waals surface area contributed by atoms with Crippen LogP contribution < -0.4 is 0 Å². The molecule has 1 rings (SSSR count). The Morgan fingerprint density at radius 2 is 2.20 bits per heavy atom. The van der Waals surface area contributed by atoms with Gasteiger partial charge < -0.3 is 4.90 Å². The van der Waals surface area contributed by atoms with Crippen molar-refractivity contribution in [3.05, 3.63) is 30.1 Å². The zero-order valence-electron chi connectivity index (χ0n) is 9.94. The van der Waals surface area contributed by atoms with E-state index in [0.29, 0.717) is 0 Å². The highest BCUT2D eigenvalue weighted by atomic mass is 15.1. The Hall–Kier alpha value is -1.38. The van der Waals surface area contributed by atoms with Gasteiger partial charge in [0, 0.05) is 26.0 Å². The van der Waals surface area contributed by atoms with Gasteiger partial charge in [-0.1, -0.05) is 6.07 Å². The molecule has 1 aromatic rings. The first-order valence-corrected chi connectivity index (χ1v) is 5.12. The first-order valence-electron chi connectivity index (χ1n) is 5.12. The van der Waals surface area contributed by atoms with Crippen LogP contribution in [0.5, 0.6) is 0 Å². The fourth-order valence-corrected chi connectivity index (χ4v) is 1.09. The average Bonchev–Trinajstić information content (AvgIpc) is 2.15. The van der Waals surface area contributed by atoms with E-state index in [1.165, 1.54) is 5.56 Å². The molecule has 0 unspecified atom stereocenters. The van der Waals surface area contributed by atoms with E-state index in [4.69, 9.17) is 0 Å². The van der Waals surface area contributed by atoms with Gasteiger partial charge in [-0.2, -0.15) is 0 Å². The number of aliphatic imine (C=N–C) groups is 1. The monoisotopic (exact) mass is 205 g/mol. The van der Waals surface area contributed by atoms with Crippen LogP contribution in [0.2, 0.25) is 0 Å². The van der Waals surface area contributed by atoms with Gasteiger partial charge in [-0.15, -0.1) is 0 Å². The molecule has 0 aliphatic heterocycles. The summed E-state index contributed by atoms with van der Waals surface area (Å²) in [4.78, 5) is 10.6. The van der Waals surface area contributed by atoms with Crippen LogP contribution in [-0.2, 0) is 6.54 Å². The van der Waals surface area contributed by atoms with Crippen LogP contribution in [0.25, 0.3) is 0 Å². The molecular formula is C12H19N3.